The summed E-state index contributed by atoms with van der Waals surface area (Å²) in [7, 11) is 1.58. The SMILES string of the molecule is CCc1ccc(-c2cc(OC(=O)NC(C)COC)cc(-n3cnnn3)c2)cc1. The standard InChI is InChI=1S/C20H23N5O3/c1-4-15-5-7-16(8-6-15)17-9-18(25-13-21-23-24-25)11-19(10-17)28-20(26)22-14(2)12-27-3/h5-11,13-14H,4,12H2,1-3H3,(H,22,26). The number of ether oxygens (including phenoxy) is 2. The number of rotatable bonds is 7. The highest BCUT2D eigenvalue weighted by Crippen LogP contribution is 2.28. The molecular weight excluding hydrogens is 358 g/mol. The molecule has 0 bridgehead atoms. The van der Waals surface area contributed by atoms with Crippen molar-refractivity contribution in [2.45, 2.75) is 26.3 Å². The van der Waals surface area contributed by atoms with E-state index in [-0.39, 0.29) is 6.04 Å². The zero-order valence-electron chi connectivity index (χ0n) is 16.1. The summed E-state index contributed by atoms with van der Waals surface area (Å²) in [5.74, 6) is 0.393. The lowest BCUT2D eigenvalue weighted by Crippen LogP contribution is -2.37. The molecule has 0 spiro atoms. The Balaban J connectivity index is 1.90. The minimum atomic E-state index is -0.550. The van der Waals surface area contributed by atoms with E-state index >= 15 is 0 Å². The molecule has 0 saturated carbocycles. The van der Waals surface area contributed by atoms with Crippen LogP contribution in [0.15, 0.2) is 48.8 Å². The van der Waals surface area contributed by atoms with Gasteiger partial charge in [0.2, 0.25) is 0 Å². The summed E-state index contributed by atoms with van der Waals surface area (Å²) in [6.07, 6.45) is 1.91. The Hall–Kier alpha value is -3.26. The Bertz CT molecular complexity index is 910. The number of hydrogen-bond donors (Lipinski definition) is 1. The van der Waals surface area contributed by atoms with Gasteiger partial charge in [0.25, 0.3) is 0 Å². The van der Waals surface area contributed by atoms with E-state index in [1.807, 2.05) is 31.2 Å². The van der Waals surface area contributed by atoms with Crippen molar-refractivity contribution < 1.29 is 14.3 Å². The van der Waals surface area contributed by atoms with E-state index < -0.39 is 6.09 Å². The van der Waals surface area contributed by atoms with Crippen LogP contribution in [0.2, 0.25) is 0 Å². The average molecular weight is 381 g/mol. The highest BCUT2D eigenvalue weighted by Gasteiger charge is 2.12. The fourth-order valence-corrected chi connectivity index (χ4v) is 2.78. The number of nitrogens with zero attached hydrogens (tertiary/aromatic N) is 4. The molecule has 8 nitrogen and oxygen atoms in total. The number of aromatic nitrogens is 4. The van der Waals surface area contributed by atoms with Crippen molar-refractivity contribution in [2.75, 3.05) is 13.7 Å². The normalized spacial score (nSPS) is 11.8. The van der Waals surface area contributed by atoms with Crippen molar-refractivity contribution in [1.29, 1.82) is 0 Å². The third kappa shape index (κ3) is 4.92. The van der Waals surface area contributed by atoms with Gasteiger partial charge in [-0.1, -0.05) is 31.2 Å². The van der Waals surface area contributed by atoms with Crippen LogP contribution in [0, 0.1) is 0 Å². The van der Waals surface area contributed by atoms with Gasteiger partial charge in [0, 0.05) is 13.2 Å². The van der Waals surface area contributed by atoms with Gasteiger partial charge in [-0.3, -0.25) is 0 Å². The van der Waals surface area contributed by atoms with E-state index in [1.54, 1.807) is 13.2 Å². The fourth-order valence-electron chi connectivity index (χ4n) is 2.78. The molecule has 0 aliphatic rings. The number of tetrazole rings is 1. The van der Waals surface area contributed by atoms with E-state index in [0.29, 0.717) is 18.0 Å². The molecule has 8 heteroatoms. The molecule has 0 aliphatic carbocycles. The second-order valence-electron chi connectivity index (χ2n) is 6.41. The maximum absolute atomic E-state index is 12.2. The molecule has 1 N–H and O–H groups in total. The Kier molecular flexibility index (Phi) is 6.33. The van der Waals surface area contributed by atoms with Crippen LogP contribution in [0.25, 0.3) is 16.8 Å². The van der Waals surface area contributed by atoms with Crippen LogP contribution >= 0.6 is 0 Å². The molecule has 1 atom stereocenters. The Morgan fingerprint density at radius 1 is 1.18 bits per heavy atom. The summed E-state index contributed by atoms with van der Waals surface area (Å²) < 4.78 is 12.0. The van der Waals surface area contributed by atoms with Gasteiger partial charge in [-0.05, 0) is 52.6 Å². The molecule has 3 rings (SSSR count). The van der Waals surface area contributed by atoms with Gasteiger partial charge in [-0.2, -0.15) is 0 Å². The zero-order valence-corrected chi connectivity index (χ0v) is 16.1. The Labute approximate surface area is 163 Å². The van der Waals surface area contributed by atoms with E-state index in [0.717, 1.165) is 17.5 Å². The lowest BCUT2D eigenvalue weighted by Gasteiger charge is -2.14. The lowest BCUT2D eigenvalue weighted by atomic mass is 10.0. The number of carbonyl (C=O) groups excluding carboxylic acids is 1. The molecule has 28 heavy (non-hydrogen) atoms. The van der Waals surface area contributed by atoms with Crippen LogP contribution < -0.4 is 10.1 Å². The zero-order chi connectivity index (χ0) is 19.9. The largest absolute Gasteiger partial charge is 0.412 e. The highest BCUT2D eigenvalue weighted by molar-refractivity contribution is 5.74. The number of benzene rings is 2. The van der Waals surface area contributed by atoms with Crippen molar-refractivity contribution in [2.24, 2.45) is 0 Å². The number of methoxy groups -OCH3 is 1. The first kappa shape index (κ1) is 19.5. The van der Waals surface area contributed by atoms with Crippen LogP contribution in [0.1, 0.15) is 19.4 Å². The van der Waals surface area contributed by atoms with Crippen LogP contribution in [0.3, 0.4) is 0 Å². The van der Waals surface area contributed by atoms with Crippen LogP contribution in [-0.2, 0) is 11.2 Å². The van der Waals surface area contributed by atoms with Crippen molar-refractivity contribution in [1.82, 2.24) is 25.5 Å². The Morgan fingerprint density at radius 2 is 1.96 bits per heavy atom. The average Bonchev–Trinajstić information content (AvgIpc) is 3.22. The van der Waals surface area contributed by atoms with E-state index in [1.165, 1.54) is 16.6 Å². The van der Waals surface area contributed by atoms with Gasteiger partial charge >= 0.3 is 6.09 Å². The first-order chi connectivity index (χ1) is 13.6. The summed E-state index contributed by atoms with van der Waals surface area (Å²) in [4.78, 5) is 12.2. The van der Waals surface area contributed by atoms with Crippen molar-refractivity contribution in [3.05, 3.63) is 54.4 Å². The third-order valence-corrected chi connectivity index (χ3v) is 4.19. The number of nitrogens with one attached hydrogen (secondary N) is 1. The van der Waals surface area contributed by atoms with Gasteiger partial charge in [0.05, 0.1) is 18.3 Å². The lowest BCUT2D eigenvalue weighted by molar-refractivity contribution is 0.159. The molecule has 1 amide bonds. The molecule has 1 aromatic heterocycles. The summed E-state index contributed by atoms with van der Waals surface area (Å²) >= 11 is 0. The molecular formula is C20H23N5O3. The van der Waals surface area contributed by atoms with Gasteiger partial charge in [0.15, 0.2) is 0 Å². The second-order valence-corrected chi connectivity index (χ2v) is 6.41. The van der Waals surface area contributed by atoms with Crippen LogP contribution in [-0.4, -0.2) is 46.1 Å². The van der Waals surface area contributed by atoms with Gasteiger partial charge in [-0.15, -0.1) is 5.10 Å². The molecule has 0 saturated heterocycles. The molecule has 146 valence electrons. The molecule has 1 unspecified atom stereocenters. The molecule has 0 fully saturated rings. The topological polar surface area (TPSA) is 91.2 Å². The fraction of sp³-hybridized carbons (Fsp3) is 0.300. The van der Waals surface area contributed by atoms with Crippen molar-refractivity contribution in [3.8, 4) is 22.6 Å². The first-order valence-electron chi connectivity index (χ1n) is 9.04. The van der Waals surface area contributed by atoms with E-state index in [4.69, 9.17) is 9.47 Å². The number of carbonyl (C=O) groups is 1. The highest BCUT2D eigenvalue weighted by atomic mass is 16.6. The molecule has 3 aromatic rings. The summed E-state index contributed by atoms with van der Waals surface area (Å²) in [6, 6.07) is 13.6. The van der Waals surface area contributed by atoms with Gasteiger partial charge in [-0.25, -0.2) is 9.48 Å². The Morgan fingerprint density at radius 3 is 2.61 bits per heavy atom. The first-order valence-corrected chi connectivity index (χ1v) is 9.04. The molecule has 0 aliphatic heterocycles. The van der Waals surface area contributed by atoms with E-state index in [9.17, 15) is 4.79 Å². The van der Waals surface area contributed by atoms with Crippen LogP contribution in [0.4, 0.5) is 4.79 Å². The van der Waals surface area contributed by atoms with Crippen molar-refractivity contribution >= 4 is 6.09 Å². The second kappa shape index (κ2) is 9.09. The van der Waals surface area contributed by atoms with Gasteiger partial charge in [0.1, 0.15) is 12.1 Å². The monoisotopic (exact) mass is 381 g/mol. The predicted octanol–water partition coefficient (Wildman–Crippen LogP) is 3.02. The molecule has 2 aromatic carbocycles. The maximum Gasteiger partial charge on any atom is 0.412 e. The van der Waals surface area contributed by atoms with Gasteiger partial charge < -0.3 is 14.8 Å². The summed E-state index contributed by atoms with van der Waals surface area (Å²) in [5.41, 5.74) is 3.84. The molecule has 0 radical (unpaired) electrons. The minimum Gasteiger partial charge on any atom is -0.410 e. The summed E-state index contributed by atoms with van der Waals surface area (Å²) in [5, 5.41) is 14.0. The number of aryl methyl sites for hydroxylation is 1. The molecule has 1 heterocycles. The number of amides is 1. The maximum atomic E-state index is 12.2. The van der Waals surface area contributed by atoms with Crippen molar-refractivity contribution in [3.63, 3.8) is 0 Å². The smallest absolute Gasteiger partial charge is 0.410 e. The number of hydrogen-bond acceptors (Lipinski definition) is 6. The minimum absolute atomic E-state index is 0.166. The van der Waals surface area contributed by atoms with E-state index in [2.05, 4.69) is 39.9 Å². The predicted molar refractivity (Wildman–Crippen MR) is 104 cm³/mol. The van der Waals surface area contributed by atoms with Crippen LogP contribution in [0.5, 0.6) is 5.75 Å². The third-order valence-electron chi connectivity index (χ3n) is 4.19. The summed E-state index contributed by atoms with van der Waals surface area (Å²) in [6.45, 7) is 4.35. The quantitative estimate of drug-likeness (QED) is 0.676.